The summed E-state index contributed by atoms with van der Waals surface area (Å²) in [4.78, 5) is 26.3. The van der Waals surface area contributed by atoms with Crippen LogP contribution in [0.2, 0.25) is 0 Å². The van der Waals surface area contributed by atoms with E-state index in [1.54, 1.807) is 23.9 Å². The van der Waals surface area contributed by atoms with Crippen molar-refractivity contribution >= 4 is 121 Å². The summed E-state index contributed by atoms with van der Waals surface area (Å²) in [5.41, 5.74) is 0. The third kappa shape index (κ3) is 9.08. The van der Waals surface area contributed by atoms with Gasteiger partial charge in [0.1, 0.15) is 11.5 Å². The standard InChI is InChI=1S/C13H16N2O6S4.2Na/c16-11(17)8-15-12(22)9(24-13(15)18)2-3-10-14(5-6-23-10)4-1-7-25(19,20)21;;/h2-3H,1,4-8H2,(H,16,17)(H,19,20,21);;/b9-2+,10-3+;;. The van der Waals surface area contributed by atoms with E-state index in [1.807, 2.05) is 4.90 Å². The van der Waals surface area contributed by atoms with Crippen LogP contribution >= 0.6 is 35.7 Å². The maximum absolute atomic E-state index is 11.8. The third-order valence-corrected chi connectivity index (χ3v) is 6.69. The molecule has 2 saturated heterocycles. The molecule has 0 aromatic carbocycles. The first-order chi connectivity index (χ1) is 11.7. The smallest absolute Gasteiger partial charge is 0.323 e. The van der Waals surface area contributed by atoms with Gasteiger partial charge in [0.25, 0.3) is 15.4 Å². The zero-order valence-electron chi connectivity index (χ0n) is 15.0. The predicted octanol–water partition coefficient (Wildman–Crippen LogP) is 0.858. The monoisotopic (exact) mass is 470 g/mol. The van der Waals surface area contributed by atoms with E-state index in [1.165, 1.54) is 0 Å². The van der Waals surface area contributed by atoms with Crippen molar-refractivity contribution in [1.82, 2.24) is 9.80 Å². The van der Waals surface area contributed by atoms with Crippen LogP contribution in [0.3, 0.4) is 0 Å². The van der Waals surface area contributed by atoms with Crippen molar-refractivity contribution in [2.45, 2.75) is 6.42 Å². The van der Waals surface area contributed by atoms with Gasteiger partial charge in [0.2, 0.25) is 0 Å². The second-order valence-electron chi connectivity index (χ2n) is 5.16. The molecule has 2 radical (unpaired) electrons. The van der Waals surface area contributed by atoms with Gasteiger partial charge in [-0.15, -0.1) is 11.8 Å². The van der Waals surface area contributed by atoms with Crippen molar-refractivity contribution in [3.63, 3.8) is 0 Å². The van der Waals surface area contributed by atoms with E-state index in [0.717, 1.165) is 34.0 Å². The van der Waals surface area contributed by atoms with Gasteiger partial charge in [0.05, 0.1) is 15.7 Å². The number of carboxylic acid groups (broad SMARTS) is 1. The van der Waals surface area contributed by atoms with Gasteiger partial charge < -0.3 is 10.0 Å². The number of aliphatic carboxylic acids is 1. The minimum absolute atomic E-state index is 0. The molecule has 0 aromatic rings. The van der Waals surface area contributed by atoms with Crippen LogP contribution in [0.5, 0.6) is 0 Å². The van der Waals surface area contributed by atoms with E-state index in [2.05, 4.69) is 0 Å². The molecule has 2 rings (SSSR count). The van der Waals surface area contributed by atoms with Crippen LogP contribution in [0.1, 0.15) is 6.42 Å². The Labute approximate surface area is 215 Å². The number of amides is 1. The summed E-state index contributed by atoms with van der Waals surface area (Å²) in [6, 6.07) is 0. The molecule has 0 atom stereocenters. The molecule has 14 heteroatoms. The Morgan fingerprint density at radius 1 is 1.30 bits per heavy atom. The summed E-state index contributed by atoms with van der Waals surface area (Å²) >= 11 is 7.63. The molecule has 2 N–H and O–H groups in total. The first-order valence-corrected chi connectivity index (χ1v) is 11.0. The Bertz CT molecular complexity index is 756. The van der Waals surface area contributed by atoms with Crippen LogP contribution in [-0.2, 0) is 14.9 Å². The Morgan fingerprint density at radius 2 is 1.96 bits per heavy atom. The van der Waals surface area contributed by atoms with Crippen molar-refractivity contribution in [1.29, 1.82) is 0 Å². The molecule has 8 nitrogen and oxygen atoms in total. The Morgan fingerprint density at radius 3 is 2.56 bits per heavy atom. The van der Waals surface area contributed by atoms with Crippen LogP contribution in [0.15, 0.2) is 22.1 Å². The number of hydrogen-bond donors (Lipinski definition) is 2. The Hall–Kier alpha value is 0.920. The number of carbonyl (C=O) groups is 2. The molecule has 2 fully saturated rings. The van der Waals surface area contributed by atoms with Gasteiger partial charge in [-0.2, -0.15) is 8.42 Å². The molecule has 27 heavy (non-hydrogen) atoms. The van der Waals surface area contributed by atoms with Crippen LogP contribution in [-0.4, -0.2) is 134 Å². The van der Waals surface area contributed by atoms with Crippen LogP contribution in [0.4, 0.5) is 4.79 Å². The summed E-state index contributed by atoms with van der Waals surface area (Å²) in [5, 5.41) is 9.30. The van der Waals surface area contributed by atoms with Gasteiger partial charge in [0, 0.05) is 78.0 Å². The number of thioether (sulfide) groups is 2. The SMILES string of the molecule is O=C(O)CN1C(=O)S/C(=C/C=C2/SCCN2CCCS(=O)(=O)O)C1=S.[Na].[Na]. The van der Waals surface area contributed by atoms with Gasteiger partial charge in [-0.05, 0) is 30.3 Å². The number of allylic oxidation sites excluding steroid dienone is 2. The van der Waals surface area contributed by atoms with Gasteiger partial charge in [0.15, 0.2) is 0 Å². The van der Waals surface area contributed by atoms with Crippen molar-refractivity contribution in [2.75, 3.05) is 31.1 Å². The topological polar surface area (TPSA) is 115 Å². The first kappa shape index (κ1) is 27.9. The van der Waals surface area contributed by atoms with Crippen molar-refractivity contribution < 1.29 is 27.7 Å². The molecule has 0 saturated carbocycles. The second kappa shape index (κ2) is 12.6. The Balaban J connectivity index is 0.00000338. The van der Waals surface area contributed by atoms with Crippen LogP contribution in [0.25, 0.3) is 0 Å². The fraction of sp³-hybridized carbons (Fsp3) is 0.462. The van der Waals surface area contributed by atoms with E-state index >= 15 is 0 Å². The summed E-state index contributed by atoms with van der Waals surface area (Å²) in [6.07, 6.45) is 3.78. The number of hydrogen-bond acceptors (Lipinski definition) is 8. The zero-order valence-corrected chi connectivity index (χ0v) is 22.2. The average molecular weight is 471 g/mol. The van der Waals surface area contributed by atoms with E-state index in [0.29, 0.717) is 17.9 Å². The molecule has 0 aliphatic carbocycles. The zero-order chi connectivity index (χ0) is 18.6. The minimum Gasteiger partial charge on any atom is -0.480 e. The summed E-state index contributed by atoms with van der Waals surface area (Å²) in [7, 11) is -3.96. The summed E-state index contributed by atoms with van der Waals surface area (Å²) < 4.78 is 30.3. The maximum atomic E-state index is 11.8. The molecule has 2 heterocycles. The summed E-state index contributed by atoms with van der Waals surface area (Å²) in [6.45, 7) is 0.783. The van der Waals surface area contributed by atoms with Crippen molar-refractivity contribution in [2.24, 2.45) is 0 Å². The van der Waals surface area contributed by atoms with Gasteiger partial charge in [-0.1, -0.05) is 12.2 Å². The fourth-order valence-electron chi connectivity index (χ4n) is 2.21. The predicted molar refractivity (Wildman–Crippen MR) is 113 cm³/mol. The van der Waals surface area contributed by atoms with E-state index in [4.69, 9.17) is 21.9 Å². The number of carbonyl (C=O) groups excluding carboxylic acids is 1. The van der Waals surface area contributed by atoms with Gasteiger partial charge >= 0.3 is 5.97 Å². The first-order valence-electron chi connectivity index (χ1n) is 7.18. The van der Waals surface area contributed by atoms with Crippen LogP contribution < -0.4 is 0 Å². The average Bonchev–Trinajstić information content (AvgIpc) is 3.03. The molecule has 0 spiro atoms. The molecule has 0 aromatic heterocycles. The van der Waals surface area contributed by atoms with Crippen molar-refractivity contribution in [3.05, 3.63) is 22.1 Å². The maximum Gasteiger partial charge on any atom is 0.323 e. The largest absolute Gasteiger partial charge is 0.480 e. The van der Waals surface area contributed by atoms with E-state index in [9.17, 15) is 18.0 Å². The fourth-order valence-corrected chi connectivity index (χ4v) is 4.94. The van der Waals surface area contributed by atoms with Gasteiger partial charge in [-0.25, -0.2) is 0 Å². The molecule has 0 bridgehead atoms. The molecular weight excluding hydrogens is 454 g/mol. The normalized spacial score (nSPS) is 20.2. The molecule has 2 aliphatic rings. The second-order valence-corrected chi connectivity index (χ2v) is 9.23. The quantitative estimate of drug-likeness (QED) is 0.240. The number of rotatable bonds is 7. The third-order valence-electron chi connectivity index (χ3n) is 3.30. The van der Waals surface area contributed by atoms with Gasteiger partial charge in [-0.3, -0.25) is 19.0 Å². The number of nitrogens with zero attached hydrogens (tertiary/aromatic N) is 2. The Kier molecular flexibility index (Phi) is 13.0. The molecule has 140 valence electrons. The minimum atomic E-state index is -3.96. The molecule has 2 aliphatic heterocycles. The van der Waals surface area contributed by atoms with Crippen molar-refractivity contribution in [3.8, 4) is 0 Å². The molecular formula is C13H16N2Na2O6S4. The number of carboxylic acids is 1. The van der Waals surface area contributed by atoms with E-state index in [-0.39, 0.29) is 69.9 Å². The molecule has 1 amide bonds. The summed E-state index contributed by atoms with van der Waals surface area (Å²) in [5.74, 6) is -0.573. The van der Waals surface area contributed by atoms with E-state index < -0.39 is 27.9 Å². The van der Waals surface area contributed by atoms with Crippen LogP contribution in [0, 0.1) is 0 Å². The molecule has 0 unspecified atom stereocenters. The number of thiocarbonyl (C=S) groups is 1.